The molecule has 0 unspecified atom stereocenters. The van der Waals surface area contributed by atoms with Gasteiger partial charge < -0.3 is 10.1 Å². The molecule has 0 aliphatic rings. The monoisotopic (exact) mass is 441 g/mol. The first-order valence-corrected chi connectivity index (χ1v) is 10.3. The fraction of sp³-hybridized carbons (Fsp3) is 0.130. The van der Waals surface area contributed by atoms with Crippen LogP contribution in [-0.4, -0.2) is 48.4 Å². The van der Waals surface area contributed by atoms with Crippen LogP contribution < -0.4 is 15.6 Å². The van der Waals surface area contributed by atoms with Gasteiger partial charge in [0.2, 0.25) is 11.8 Å². The molecule has 0 aliphatic heterocycles. The van der Waals surface area contributed by atoms with Gasteiger partial charge in [-0.1, -0.05) is 42.5 Å². The van der Waals surface area contributed by atoms with E-state index in [-0.39, 0.29) is 31.2 Å². The van der Waals surface area contributed by atoms with E-state index in [4.69, 9.17) is 4.74 Å². The van der Waals surface area contributed by atoms with Crippen molar-refractivity contribution < 1.29 is 9.53 Å². The van der Waals surface area contributed by atoms with E-state index < -0.39 is 0 Å². The minimum absolute atomic E-state index is 0.123. The first kappa shape index (κ1) is 20.3. The summed E-state index contributed by atoms with van der Waals surface area (Å²) in [6, 6.07) is 20.1. The third kappa shape index (κ3) is 4.26. The number of nitrogens with zero attached hydrogens (tertiary/aromatic N) is 6. The number of fused-ring (bicyclic) bond motifs is 2. The molecule has 0 saturated heterocycles. The van der Waals surface area contributed by atoms with Gasteiger partial charge in [0, 0.05) is 11.6 Å². The number of para-hydroxylation sites is 1. The van der Waals surface area contributed by atoms with Gasteiger partial charge in [-0.05, 0) is 18.2 Å². The zero-order valence-electron chi connectivity index (χ0n) is 17.5. The second-order valence-corrected chi connectivity index (χ2v) is 7.22. The summed E-state index contributed by atoms with van der Waals surface area (Å²) >= 11 is 0. The summed E-state index contributed by atoms with van der Waals surface area (Å²) in [5, 5.41) is 16.0. The van der Waals surface area contributed by atoms with E-state index in [2.05, 4.69) is 25.6 Å². The lowest BCUT2D eigenvalue weighted by Gasteiger charge is -2.09. The second-order valence-electron chi connectivity index (χ2n) is 7.22. The van der Waals surface area contributed by atoms with Crippen molar-refractivity contribution in [1.82, 2.24) is 34.7 Å². The van der Waals surface area contributed by atoms with Crippen molar-refractivity contribution in [2.45, 2.75) is 6.54 Å². The quantitative estimate of drug-likeness (QED) is 0.382. The summed E-state index contributed by atoms with van der Waals surface area (Å²) in [5.74, 6) is 0.675. The van der Waals surface area contributed by atoms with Gasteiger partial charge in [0.15, 0.2) is 11.5 Å². The Labute approximate surface area is 187 Å². The molecule has 0 atom stereocenters. The van der Waals surface area contributed by atoms with Gasteiger partial charge in [-0.2, -0.15) is 4.52 Å². The van der Waals surface area contributed by atoms with Gasteiger partial charge >= 0.3 is 0 Å². The van der Waals surface area contributed by atoms with Crippen LogP contribution in [0.3, 0.4) is 0 Å². The van der Waals surface area contributed by atoms with Crippen LogP contribution in [-0.2, 0) is 11.3 Å². The number of hydrogen-bond donors (Lipinski definition) is 1. The van der Waals surface area contributed by atoms with Gasteiger partial charge in [-0.25, -0.2) is 4.98 Å². The standard InChI is InChI=1S/C23H19N7O3/c31-20(14-29-15-25-18-9-5-4-8-17(18)23(29)32)24-12-13-33-21-11-10-19-26-27-22(30(19)28-21)16-6-2-1-3-7-16/h1-11,15H,12-14H2,(H,24,31). The van der Waals surface area contributed by atoms with Crippen LogP contribution >= 0.6 is 0 Å². The molecule has 3 heterocycles. The van der Waals surface area contributed by atoms with Crippen LogP contribution in [0.2, 0.25) is 0 Å². The average molecular weight is 441 g/mol. The number of nitrogens with one attached hydrogen (secondary N) is 1. The van der Waals surface area contributed by atoms with Crippen LogP contribution in [0.25, 0.3) is 27.9 Å². The van der Waals surface area contributed by atoms with E-state index >= 15 is 0 Å². The Morgan fingerprint density at radius 1 is 0.970 bits per heavy atom. The fourth-order valence-electron chi connectivity index (χ4n) is 3.39. The Morgan fingerprint density at radius 2 is 1.79 bits per heavy atom. The fourth-order valence-corrected chi connectivity index (χ4v) is 3.39. The van der Waals surface area contributed by atoms with Crippen LogP contribution in [0, 0.1) is 0 Å². The Balaban J connectivity index is 1.19. The molecule has 0 spiro atoms. The highest BCUT2D eigenvalue weighted by atomic mass is 16.5. The molecule has 1 amide bonds. The third-order valence-corrected chi connectivity index (χ3v) is 4.99. The maximum absolute atomic E-state index is 12.5. The molecule has 0 saturated carbocycles. The number of amides is 1. The van der Waals surface area contributed by atoms with E-state index in [0.717, 1.165) is 5.56 Å². The van der Waals surface area contributed by atoms with Crippen molar-refractivity contribution >= 4 is 22.5 Å². The molecular weight excluding hydrogens is 422 g/mol. The van der Waals surface area contributed by atoms with Crippen molar-refractivity contribution in [3.05, 3.63) is 83.4 Å². The first-order valence-electron chi connectivity index (χ1n) is 10.3. The first-order chi connectivity index (χ1) is 16.2. The smallest absolute Gasteiger partial charge is 0.261 e. The summed E-state index contributed by atoms with van der Waals surface area (Å²) in [6.45, 7) is 0.335. The minimum Gasteiger partial charge on any atom is -0.475 e. The Morgan fingerprint density at radius 3 is 2.67 bits per heavy atom. The summed E-state index contributed by atoms with van der Waals surface area (Å²) in [6.07, 6.45) is 1.38. The second kappa shape index (κ2) is 8.87. The number of hydrogen-bond acceptors (Lipinski definition) is 7. The van der Waals surface area contributed by atoms with Crippen molar-refractivity contribution in [3.8, 4) is 17.3 Å². The third-order valence-electron chi connectivity index (χ3n) is 4.99. The van der Waals surface area contributed by atoms with Gasteiger partial charge in [0.05, 0.1) is 23.8 Å². The summed E-state index contributed by atoms with van der Waals surface area (Å²) in [4.78, 5) is 29.0. The van der Waals surface area contributed by atoms with Gasteiger partial charge in [-0.15, -0.1) is 15.3 Å². The van der Waals surface area contributed by atoms with Crippen molar-refractivity contribution in [1.29, 1.82) is 0 Å². The molecule has 3 aromatic heterocycles. The molecule has 1 N–H and O–H groups in total. The van der Waals surface area contributed by atoms with Crippen LogP contribution in [0.1, 0.15) is 0 Å². The molecule has 5 aromatic rings. The van der Waals surface area contributed by atoms with E-state index in [0.29, 0.717) is 28.3 Å². The predicted molar refractivity (Wildman–Crippen MR) is 121 cm³/mol. The largest absolute Gasteiger partial charge is 0.475 e. The average Bonchev–Trinajstić information content (AvgIpc) is 3.28. The van der Waals surface area contributed by atoms with Crippen LogP contribution in [0.4, 0.5) is 0 Å². The van der Waals surface area contributed by atoms with Crippen molar-refractivity contribution in [2.24, 2.45) is 0 Å². The molecule has 0 radical (unpaired) electrons. The van der Waals surface area contributed by atoms with E-state index in [1.54, 1.807) is 34.8 Å². The molecule has 2 aromatic carbocycles. The van der Waals surface area contributed by atoms with Crippen molar-refractivity contribution in [3.63, 3.8) is 0 Å². The lowest BCUT2D eigenvalue weighted by molar-refractivity contribution is -0.121. The van der Waals surface area contributed by atoms with E-state index in [1.165, 1.54) is 10.9 Å². The van der Waals surface area contributed by atoms with Gasteiger partial charge in [-0.3, -0.25) is 14.2 Å². The SMILES string of the molecule is O=C(Cn1cnc2ccccc2c1=O)NCCOc1ccc2nnc(-c3ccccc3)n2n1. The Kier molecular flexibility index (Phi) is 5.46. The lowest BCUT2D eigenvalue weighted by Crippen LogP contribution is -2.34. The van der Waals surface area contributed by atoms with Crippen LogP contribution in [0.15, 0.2) is 77.9 Å². The highest BCUT2D eigenvalue weighted by molar-refractivity contribution is 5.78. The number of rotatable bonds is 7. The zero-order chi connectivity index (χ0) is 22.6. The molecule has 164 valence electrons. The highest BCUT2D eigenvalue weighted by Gasteiger charge is 2.11. The normalized spacial score (nSPS) is 11.0. The lowest BCUT2D eigenvalue weighted by atomic mass is 10.2. The molecule has 5 rings (SSSR count). The Bertz CT molecular complexity index is 1490. The molecule has 33 heavy (non-hydrogen) atoms. The number of benzene rings is 2. The Hall–Kier alpha value is -4.60. The highest BCUT2D eigenvalue weighted by Crippen LogP contribution is 2.18. The molecule has 10 nitrogen and oxygen atoms in total. The minimum atomic E-state index is -0.314. The van der Waals surface area contributed by atoms with Crippen LogP contribution in [0.5, 0.6) is 5.88 Å². The number of carbonyl (C=O) groups is 1. The number of ether oxygens (including phenoxy) is 1. The number of aromatic nitrogens is 6. The number of carbonyl (C=O) groups excluding carboxylic acids is 1. The molecule has 0 fully saturated rings. The topological polar surface area (TPSA) is 116 Å². The summed E-state index contributed by atoms with van der Waals surface area (Å²) in [5.41, 5.74) is 1.83. The summed E-state index contributed by atoms with van der Waals surface area (Å²) < 4.78 is 8.57. The maximum Gasteiger partial charge on any atom is 0.261 e. The molecule has 10 heteroatoms. The predicted octanol–water partition coefficient (Wildman–Crippen LogP) is 1.70. The van der Waals surface area contributed by atoms with E-state index in [9.17, 15) is 9.59 Å². The maximum atomic E-state index is 12.5. The van der Waals surface area contributed by atoms with E-state index in [1.807, 2.05) is 36.4 Å². The van der Waals surface area contributed by atoms with Gasteiger partial charge in [0.1, 0.15) is 13.2 Å². The molecule has 0 aliphatic carbocycles. The zero-order valence-corrected chi connectivity index (χ0v) is 17.5. The summed E-state index contributed by atoms with van der Waals surface area (Å²) in [7, 11) is 0. The molecule has 0 bridgehead atoms. The van der Waals surface area contributed by atoms with Crippen molar-refractivity contribution in [2.75, 3.05) is 13.2 Å². The molecular formula is C23H19N7O3. The van der Waals surface area contributed by atoms with Gasteiger partial charge in [0.25, 0.3) is 5.56 Å².